The molecule has 0 radical (unpaired) electrons. The van der Waals surface area contributed by atoms with Crippen molar-refractivity contribution in [2.45, 2.75) is 57.2 Å². The zero-order valence-corrected chi connectivity index (χ0v) is 22.3. The molecule has 0 heterocycles. The molecule has 0 saturated heterocycles. The SMILES string of the molecule is O=C(NC1CCCC1)[C@H](Cc1ccccc1)N(Cc1c(Cl)cccc1Cl)C(=O)Cc1ccccc1[N+](=O)[O-]. The third kappa shape index (κ3) is 6.91. The smallest absolute Gasteiger partial charge is 0.273 e. The van der Waals surface area contributed by atoms with Crippen molar-refractivity contribution in [1.29, 1.82) is 0 Å². The minimum atomic E-state index is -0.874. The van der Waals surface area contributed by atoms with Crippen molar-refractivity contribution in [3.63, 3.8) is 0 Å². The van der Waals surface area contributed by atoms with Gasteiger partial charge in [0.15, 0.2) is 0 Å². The van der Waals surface area contributed by atoms with Crippen molar-refractivity contribution in [2.75, 3.05) is 0 Å². The van der Waals surface area contributed by atoms with Crippen LogP contribution in [0.15, 0.2) is 72.8 Å². The summed E-state index contributed by atoms with van der Waals surface area (Å²) in [7, 11) is 0. The number of hydrogen-bond donors (Lipinski definition) is 1. The second-order valence-corrected chi connectivity index (χ2v) is 10.3. The lowest BCUT2D eigenvalue weighted by atomic mass is 10.0. The van der Waals surface area contributed by atoms with Gasteiger partial charge in [-0.05, 0) is 30.5 Å². The summed E-state index contributed by atoms with van der Waals surface area (Å²) in [5.41, 5.74) is 1.52. The Morgan fingerprint density at radius 3 is 2.24 bits per heavy atom. The van der Waals surface area contributed by atoms with Crippen LogP contribution in [0.2, 0.25) is 10.0 Å². The van der Waals surface area contributed by atoms with E-state index in [2.05, 4.69) is 5.32 Å². The highest BCUT2D eigenvalue weighted by Crippen LogP contribution is 2.29. The lowest BCUT2D eigenvalue weighted by Gasteiger charge is -2.33. The lowest BCUT2D eigenvalue weighted by molar-refractivity contribution is -0.385. The first-order valence-electron chi connectivity index (χ1n) is 12.6. The van der Waals surface area contributed by atoms with E-state index in [1.54, 1.807) is 36.4 Å². The maximum atomic E-state index is 13.9. The molecule has 9 heteroatoms. The van der Waals surface area contributed by atoms with Crippen molar-refractivity contribution < 1.29 is 14.5 Å². The summed E-state index contributed by atoms with van der Waals surface area (Å²) < 4.78 is 0. The molecule has 7 nitrogen and oxygen atoms in total. The van der Waals surface area contributed by atoms with Crippen molar-refractivity contribution in [1.82, 2.24) is 10.2 Å². The van der Waals surface area contributed by atoms with Crippen LogP contribution in [-0.4, -0.2) is 33.7 Å². The largest absolute Gasteiger partial charge is 0.352 e. The van der Waals surface area contributed by atoms with Gasteiger partial charge in [-0.3, -0.25) is 19.7 Å². The third-order valence-corrected chi connectivity index (χ3v) is 7.60. The summed E-state index contributed by atoms with van der Waals surface area (Å²) in [5.74, 6) is -0.697. The maximum absolute atomic E-state index is 13.9. The zero-order chi connectivity index (χ0) is 27.1. The predicted octanol–water partition coefficient (Wildman–Crippen LogP) is 6.14. The van der Waals surface area contributed by atoms with Crippen LogP contribution in [-0.2, 0) is 29.0 Å². The molecule has 1 aliphatic carbocycles. The average Bonchev–Trinajstić information content (AvgIpc) is 3.41. The molecule has 1 saturated carbocycles. The number of para-hydroxylation sites is 1. The Balaban J connectivity index is 1.73. The summed E-state index contributed by atoms with van der Waals surface area (Å²) >= 11 is 12.9. The van der Waals surface area contributed by atoms with E-state index in [0.29, 0.717) is 15.6 Å². The lowest BCUT2D eigenvalue weighted by Crippen LogP contribution is -2.52. The number of nitrogens with one attached hydrogen (secondary N) is 1. The highest BCUT2D eigenvalue weighted by atomic mass is 35.5. The van der Waals surface area contributed by atoms with E-state index < -0.39 is 16.9 Å². The molecule has 0 aliphatic heterocycles. The minimum absolute atomic E-state index is 0.0203. The maximum Gasteiger partial charge on any atom is 0.273 e. The van der Waals surface area contributed by atoms with Crippen LogP contribution in [0.3, 0.4) is 0 Å². The predicted molar refractivity (Wildman–Crippen MR) is 148 cm³/mol. The van der Waals surface area contributed by atoms with Crippen molar-refractivity contribution in [2.24, 2.45) is 0 Å². The number of carbonyl (C=O) groups excluding carboxylic acids is 2. The fourth-order valence-electron chi connectivity index (χ4n) is 4.88. The molecule has 1 aliphatic rings. The molecule has 38 heavy (non-hydrogen) atoms. The molecule has 0 bridgehead atoms. The van der Waals surface area contributed by atoms with Gasteiger partial charge in [-0.2, -0.15) is 0 Å². The van der Waals surface area contributed by atoms with E-state index in [0.717, 1.165) is 31.2 Å². The summed E-state index contributed by atoms with van der Waals surface area (Å²) in [6.07, 6.45) is 3.90. The summed E-state index contributed by atoms with van der Waals surface area (Å²) in [5, 5.41) is 15.5. The van der Waals surface area contributed by atoms with E-state index in [-0.39, 0.29) is 42.6 Å². The minimum Gasteiger partial charge on any atom is -0.352 e. The van der Waals surface area contributed by atoms with Gasteiger partial charge in [-0.25, -0.2) is 0 Å². The Morgan fingerprint density at radius 1 is 0.947 bits per heavy atom. The molecule has 3 aromatic rings. The van der Waals surface area contributed by atoms with E-state index in [9.17, 15) is 19.7 Å². The Hall–Kier alpha value is -3.42. The van der Waals surface area contributed by atoms with Crippen molar-refractivity contribution in [3.8, 4) is 0 Å². The van der Waals surface area contributed by atoms with Crippen LogP contribution in [0.25, 0.3) is 0 Å². The van der Waals surface area contributed by atoms with Gasteiger partial charge in [-0.15, -0.1) is 0 Å². The molecule has 198 valence electrons. The van der Waals surface area contributed by atoms with Crippen LogP contribution in [0, 0.1) is 10.1 Å². The third-order valence-electron chi connectivity index (χ3n) is 6.89. The summed E-state index contributed by atoms with van der Waals surface area (Å²) in [4.78, 5) is 40.2. The van der Waals surface area contributed by atoms with E-state index in [4.69, 9.17) is 23.2 Å². The Kier molecular flexibility index (Phi) is 9.37. The Morgan fingerprint density at radius 2 is 1.58 bits per heavy atom. The topological polar surface area (TPSA) is 92.6 Å². The van der Waals surface area contributed by atoms with Crippen LogP contribution in [0.4, 0.5) is 5.69 Å². The molecular formula is C29H29Cl2N3O4. The standard InChI is InChI=1S/C29H29Cl2N3O4/c30-24-14-8-15-25(31)23(24)19-33(28(35)18-21-11-4-7-16-26(21)34(37)38)27(17-20-9-2-1-3-10-20)29(36)32-22-12-5-6-13-22/h1-4,7-11,14-16,22,27H,5-6,12-13,17-19H2,(H,32,36)/t27-/m0/s1. The molecular weight excluding hydrogens is 525 g/mol. The highest BCUT2D eigenvalue weighted by molar-refractivity contribution is 6.36. The molecule has 0 spiro atoms. The number of nitro groups is 1. The Labute approximate surface area is 231 Å². The number of carbonyl (C=O) groups is 2. The fraction of sp³-hybridized carbons (Fsp3) is 0.310. The molecule has 2 amide bonds. The number of amides is 2. The zero-order valence-electron chi connectivity index (χ0n) is 20.8. The number of nitro benzene ring substituents is 1. The van der Waals surface area contributed by atoms with Gasteiger partial charge in [0.2, 0.25) is 11.8 Å². The molecule has 1 atom stereocenters. The molecule has 1 fully saturated rings. The number of nitrogens with zero attached hydrogens (tertiary/aromatic N) is 2. The molecule has 4 rings (SSSR count). The van der Waals surface area contributed by atoms with Gasteiger partial charge in [0.25, 0.3) is 5.69 Å². The van der Waals surface area contributed by atoms with Crippen LogP contribution in [0.1, 0.15) is 42.4 Å². The number of hydrogen-bond acceptors (Lipinski definition) is 4. The first-order chi connectivity index (χ1) is 18.3. The monoisotopic (exact) mass is 553 g/mol. The van der Waals surface area contributed by atoms with Crippen LogP contribution in [0.5, 0.6) is 0 Å². The van der Waals surface area contributed by atoms with E-state index >= 15 is 0 Å². The first-order valence-corrected chi connectivity index (χ1v) is 13.4. The van der Waals surface area contributed by atoms with E-state index in [1.165, 1.54) is 11.0 Å². The highest BCUT2D eigenvalue weighted by Gasteiger charge is 2.33. The van der Waals surface area contributed by atoms with Gasteiger partial charge in [0.1, 0.15) is 6.04 Å². The van der Waals surface area contributed by atoms with Crippen LogP contribution < -0.4 is 5.32 Å². The summed E-state index contributed by atoms with van der Waals surface area (Å²) in [6, 6.07) is 19.8. The van der Waals surface area contributed by atoms with E-state index in [1.807, 2.05) is 30.3 Å². The van der Waals surface area contributed by atoms with Gasteiger partial charge in [-0.1, -0.05) is 90.6 Å². The number of benzene rings is 3. The van der Waals surface area contributed by atoms with Crippen LogP contribution >= 0.6 is 23.2 Å². The molecule has 0 aromatic heterocycles. The molecule has 0 unspecified atom stereocenters. The Bertz CT molecular complexity index is 1280. The van der Waals surface area contributed by atoms with Gasteiger partial charge in [0.05, 0.1) is 11.3 Å². The van der Waals surface area contributed by atoms with Crippen molar-refractivity contribution in [3.05, 3.63) is 110 Å². The second-order valence-electron chi connectivity index (χ2n) is 9.48. The number of halogens is 2. The van der Waals surface area contributed by atoms with Gasteiger partial charge < -0.3 is 10.2 Å². The van der Waals surface area contributed by atoms with Gasteiger partial charge in [0, 0.05) is 46.2 Å². The average molecular weight is 554 g/mol. The first kappa shape index (κ1) is 27.6. The second kappa shape index (κ2) is 12.9. The van der Waals surface area contributed by atoms with Gasteiger partial charge >= 0.3 is 0 Å². The number of rotatable bonds is 10. The molecule has 3 aromatic carbocycles. The summed E-state index contributed by atoms with van der Waals surface area (Å²) in [6.45, 7) is -0.0203. The fourth-order valence-corrected chi connectivity index (χ4v) is 5.40. The normalized spacial score (nSPS) is 14.2. The quantitative estimate of drug-likeness (QED) is 0.241. The molecule has 1 N–H and O–H groups in total. The van der Waals surface area contributed by atoms with Crippen molar-refractivity contribution >= 4 is 40.7 Å².